The van der Waals surface area contributed by atoms with Gasteiger partial charge in [0.15, 0.2) is 5.56 Å². The molecule has 18 heavy (non-hydrogen) atoms. The van der Waals surface area contributed by atoms with E-state index in [9.17, 15) is 9.59 Å². The second-order valence-corrected chi connectivity index (χ2v) is 5.20. The first-order valence-electron chi connectivity index (χ1n) is 6.03. The SMILES string of the molecule is CC(=O)N[C@@H]1[C@@H](C)[C@@H](C)[C@@H](COC(C)=O)O[C@@H]1Cl. The molecule has 0 aromatic rings. The van der Waals surface area contributed by atoms with Crippen molar-refractivity contribution in [2.75, 3.05) is 6.61 Å². The van der Waals surface area contributed by atoms with Gasteiger partial charge in [-0.15, -0.1) is 0 Å². The summed E-state index contributed by atoms with van der Waals surface area (Å²) in [6.45, 7) is 7.00. The molecule has 5 nitrogen and oxygen atoms in total. The summed E-state index contributed by atoms with van der Waals surface area (Å²) in [5.74, 6) is -0.192. The van der Waals surface area contributed by atoms with Crippen molar-refractivity contribution in [3.63, 3.8) is 0 Å². The molecule has 1 amide bonds. The molecule has 1 aliphatic heterocycles. The number of nitrogens with one attached hydrogen (secondary N) is 1. The minimum absolute atomic E-state index is 0.133. The van der Waals surface area contributed by atoms with E-state index < -0.39 is 5.56 Å². The Morgan fingerprint density at radius 2 is 1.89 bits per heavy atom. The molecule has 0 bridgehead atoms. The highest BCUT2D eigenvalue weighted by atomic mass is 35.5. The van der Waals surface area contributed by atoms with E-state index in [1.54, 1.807) is 0 Å². The number of halogens is 1. The van der Waals surface area contributed by atoms with Gasteiger partial charge < -0.3 is 14.8 Å². The average Bonchev–Trinajstić information content (AvgIpc) is 2.27. The van der Waals surface area contributed by atoms with Gasteiger partial charge in [-0.1, -0.05) is 25.4 Å². The second-order valence-electron chi connectivity index (χ2n) is 4.77. The Morgan fingerprint density at radius 3 is 2.39 bits per heavy atom. The van der Waals surface area contributed by atoms with Crippen molar-refractivity contribution >= 4 is 23.5 Å². The summed E-state index contributed by atoms with van der Waals surface area (Å²) in [4.78, 5) is 21.9. The maximum Gasteiger partial charge on any atom is 0.302 e. The Balaban J connectivity index is 2.64. The minimum atomic E-state index is -0.611. The van der Waals surface area contributed by atoms with Gasteiger partial charge in [0.25, 0.3) is 0 Å². The average molecular weight is 278 g/mol. The largest absolute Gasteiger partial charge is 0.463 e. The highest BCUT2D eigenvalue weighted by Crippen LogP contribution is 2.32. The molecule has 1 saturated heterocycles. The van der Waals surface area contributed by atoms with Gasteiger partial charge in [0.05, 0.1) is 12.1 Å². The lowest BCUT2D eigenvalue weighted by Gasteiger charge is -2.42. The highest BCUT2D eigenvalue weighted by molar-refractivity contribution is 6.20. The van der Waals surface area contributed by atoms with Gasteiger partial charge in [-0.2, -0.15) is 0 Å². The Bertz CT molecular complexity index is 321. The number of rotatable bonds is 3. The summed E-state index contributed by atoms with van der Waals surface area (Å²) in [6, 6.07) is -0.229. The number of amides is 1. The third kappa shape index (κ3) is 3.85. The van der Waals surface area contributed by atoms with E-state index in [0.717, 1.165) is 0 Å². The predicted octanol–water partition coefficient (Wildman–Crippen LogP) is 1.29. The summed E-state index contributed by atoms with van der Waals surface area (Å²) in [7, 11) is 0. The van der Waals surface area contributed by atoms with Crippen molar-refractivity contribution in [3.8, 4) is 0 Å². The van der Waals surface area contributed by atoms with E-state index in [1.807, 2.05) is 13.8 Å². The number of ether oxygens (including phenoxy) is 2. The first-order chi connectivity index (χ1) is 8.32. The van der Waals surface area contributed by atoms with E-state index in [-0.39, 0.29) is 42.5 Å². The number of hydrogen-bond acceptors (Lipinski definition) is 4. The Kier molecular flexibility index (Phi) is 5.41. The van der Waals surface area contributed by atoms with E-state index in [2.05, 4.69) is 5.32 Å². The van der Waals surface area contributed by atoms with Crippen LogP contribution in [0.3, 0.4) is 0 Å². The fourth-order valence-electron chi connectivity index (χ4n) is 2.10. The standard InChI is InChI=1S/C12H20ClNO4/c1-6-7(2)11(14-8(3)15)12(13)18-10(6)5-17-9(4)16/h6-7,10-12H,5H2,1-4H3,(H,14,15)/t6-,7+,10-,11-,12+/m1/s1. The third-order valence-electron chi connectivity index (χ3n) is 3.39. The van der Waals surface area contributed by atoms with Crippen molar-refractivity contribution in [1.29, 1.82) is 0 Å². The Hall–Kier alpha value is -0.810. The summed E-state index contributed by atoms with van der Waals surface area (Å²) >= 11 is 6.12. The van der Waals surface area contributed by atoms with Crippen molar-refractivity contribution in [1.82, 2.24) is 5.32 Å². The van der Waals surface area contributed by atoms with Gasteiger partial charge in [0.1, 0.15) is 6.61 Å². The summed E-state index contributed by atoms with van der Waals surface area (Å²) in [5, 5.41) is 2.79. The van der Waals surface area contributed by atoms with E-state index in [1.165, 1.54) is 13.8 Å². The van der Waals surface area contributed by atoms with Gasteiger partial charge in [-0.05, 0) is 11.8 Å². The van der Waals surface area contributed by atoms with Gasteiger partial charge in [-0.3, -0.25) is 9.59 Å². The summed E-state index contributed by atoms with van der Waals surface area (Å²) < 4.78 is 10.6. The van der Waals surface area contributed by atoms with Crippen LogP contribution in [0.25, 0.3) is 0 Å². The molecule has 0 spiro atoms. The number of esters is 1. The maximum atomic E-state index is 11.1. The maximum absolute atomic E-state index is 11.1. The Morgan fingerprint density at radius 1 is 1.28 bits per heavy atom. The molecule has 104 valence electrons. The molecule has 5 atom stereocenters. The molecule has 0 aromatic carbocycles. The normalized spacial score (nSPS) is 35.9. The van der Waals surface area contributed by atoms with E-state index in [4.69, 9.17) is 21.1 Å². The van der Waals surface area contributed by atoms with Crippen molar-refractivity contribution in [3.05, 3.63) is 0 Å². The van der Waals surface area contributed by atoms with Crippen LogP contribution in [0, 0.1) is 11.8 Å². The fourth-order valence-corrected chi connectivity index (χ4v) is 2.53. The zero-order chi connectivity index (χ0) is 13.9. The summed E-state index contributed by atoms with van der Waals surface area (Å²) in [5.41, 5.74) is -0.611. The quantitative estimate of drug-likeness (QED) is 0.624. The van der Waals surface area contributed by atoms with Gasteiger partial charge >= 0.3 is 5.97 Å². The lowest BCUT2D eigenvalue weighted by Crippen LogP contribution is -2.55. The second kappa shape index (κ2) is 6.38. The zero-order valence-electron chi connectivity index (χ0n) is 11.1. The molecule has 1 N–H and O–H groups in total. The van der Waals surface area contributed by atoms with Crippen molar-refractivity contribution < 1.29 is 19.1 Å². The van der Waals surface area contributed by atoms with Crippen LogP contribution in [-0.4, -0.2) is 36.2 Å². The molecule has 0 aromatic heterocycles. The zero-order valence-corrected chi connectivity index (χ0v) is 11.9. The molecule has 0 radical (unpaired) electrons. The number of hydrogen-bond donors (Lipinski definition) is 1. The number of carbonyl (C=O) groups excluding carboxylic acids is 2. The van der Waals surface area contributed by atoms with Crippen LogP contribution in [0.1, 0.15) is 27.7 Å². The fraction of sp³-hybridized carbons (Fsp3) is 0.833. The molecule has 1 aliphatic rings. The van der Waals surface area contributed by atoms with Crippen molar-refractivity contribution in [2.24, 2.45) is 11.8 Å². The molecule has 0 unspecified atom stereocenters. The third-order valence-corrected chi connectivity index (χ3v) is 3.76. The molecule has 0 aliphatic carbocycles. The molecule has 0 saturated carbocycles. The molecule has 6 heteroatoms. The smallest absolute Gasteiger partial charge is 0.302 e. The first kappa shape index (κ1) is 15.2. The van der Waals surface area contributed by atoms with Gasteiger partial charge in [0, 0.05) is 13.8 Å². The number of alkyl halides is 1. The predicted molar refractivity (Wildman–Crippen MR) is 67.1 cm³/mol. The molecular weight excluding hydrogens is 258 g/mol. The van der Waals surface area contributed by atoms with E-state index >= 15 is 0 Å². The highest BCUT2D eigenvalue weighted by Gasteiger charge is 2.41. The lowest BCUT2D eigenvalue weighted by molar-refractivity contribution is -0.155. The van der Waals surface area contributed by atoms with Crippen LogP contribution in [0.5, 0.6) is 0 Å². The van der Waals surface area contributed by atoms with E-state index in [0.29, 0.717) is 0 Å². The number of carbonyl (C=O) groups is 2. The summed E-state index contributed by atoms with van der Waals surface area (Å²) in [6.07, 6.45) is -0.239. The molecule has 1 fully saturated rings. The van der Waals surface area contributed by atoms with Crippen LogP contribution in [-0.2, 0) is 19.1 Å². The van der Waals surface area contributed by atoms with Crippen LogP contribution >= 0.6 is 11.6 Å². The van der Waals surface area contributed by atoms with Gasteiger partial charge in [0.2, 0.25) is 5.91 Å². The van der Waals surface area contributed by atoms with Gasteiger partial charge in [-0.25, -0.2) is 0 Å². The minimum Gasteiger partial charge on any atom is -0.463 e. The molecule has 1 rings (SSSR count). The topological polar surface area (TPSA) is 64.6 Å². The molecular formula is C12H20ClNO4. The van der Waals surface area contributed by atoms with Crippen LogP contribution in [0.15, 0.2) is 0 Å². The lowest BCUT2D eigenvalue weighted by atomic mass is 9.83. The monoisotopic (exact) mass is 277 g/mol. The molecule has 1 heterocycles. The Labute approximate surface area is 112 Å². The first-order valence-corrected chi connectivity index (χ1v) is 6.46. The van der Waals surface area contributed by atoms with Crippen LogP contribution < -0.4 is 5.32 Å². The van der Waals surface area contributed by atoms with Crippen LogP contribution in [0.2, 0.25) is 0 Å². The van der Waals surface area contributed by atoms with Crippen LogP contribution in [0.4, 0.5) is 0 Å². The van der Waals surface area contributed by atoms with Crippen molar-refractivity contribution in [2.45, 2.75) is 45.4 Å².